The molecular formula is C20H20F2N2O4. The molecule has 2 heterocycles. The highest BCUT2D eigenvalue weighted by molar-refractivity contribution is 5.99. The second kappa shape index (κ2) is 7.63. The summed E-state index contributed by atoms with van der Waals surface area (Å²) in [6, 6.07) is 5.98. The number of carbonyl (C=O) groups is 2. The maximum absolute atomic E-state index is 13.1. The summed E-state index contributed by atoms with van der Waals surface area (Å²) in [4.78, 5) is 29.5. The van der Waals surface area contributed by atoms with Crippen LogP contribution in [0.1, 0.15) is 29.4 Å². The van der Waals surface area contributed by atoms with Gasteiger partial charge in [-0.2, -0.15) is 0 Å². The minimum absolute atomic E-state index is 0.126. The maximum Gasteiger partial charge on any atom is 0.280 e. The van der Waals surface area contributed by atoms with Crippen LogP contribution in [0.2, 0.25) is 0 Å². The number of methoxy groups -OCH3 is 1. The summed E-state index contributed by atoms with van der Waals surface area (Å²) < 4.78 is 36.7. The zero-order valence-corrected chi connectivity index (χ0v) is 15.7. The third-order valence-electron chi connectivity index (χ3n) is 4.84. The number of amides is 1. The molecule has 0 N–H and O–H groups in total. The van der Waals surface area contributed by atoms with Gasteiger partial charge in [0.15, 0.2) is 6.29 Å². The molecule has 0 spiro atoms. The smallest absolute Gasteiger partial charge is 0.280 e. The van der Waals surface area contributed by atoms with Crippen molar-refractivity contribution in [1.82, 2.24) is 4.98 Å². The molecule has 1 aliphatic heterocycles. The highest BCUT2D eigenvalue weighted by Crippen LogP contribution is 2.37. The number of alkyl halides is 2. The van der Waals surface area contributed by atoms with Gasteiger partial charge in [0.2, 0.25) is 5.91 Å². The minimum Gasteiger partial charge on any atom is -0.494 e. The largest absolute Gasteiger partial charge is 0.494 e. The molecule has 3 rings (SSSR count). The van der Waals surface area contributed by atoms with Gasteiger partial charge in [-0.25, -0.2) is 8.78 Å². The van der Waals surface area contributed by atoms with Gasteiger partial charge in [-0.05, 0) is 36.8 Å². The molecule has 0 radical (unpaired) electrons. The number of ether oxygens (including phenoxy) is 2. The average Bonchev–Trinajstić information content (AvgIpc) is 2.69. The minimum atomic E-state index is -2.77. The van der Waals surface area contributed by atoms with Gasteiger partial charge in [-0.3, -0.25) is 14.6 Å². The van der Waals surface area contributed by atoms with Crippen LogP contribution in [0, 0.1) is 5.41 Å². The Morgan fingerprint density at radius 1 is 1.32 bits per heavy atom. The Morgan fingerprint density at radius 2 is 2.04 bits per heavy atom. The van der Waals surface area contributed by atoms with E-state index in [2.05, 4.69) is 4.98 Å². The molecule has 1 fully saturated rings. The molecule has 0 aliphatic carbocycles. The first-order valence-corrected chi connectivity index (χ1v) is 8.58. The van der Waals surface area contributed by atoms with Gasteiger partial charge in [0.25, 0.3) is 6.43 Å². The number of rotatable bonds is 6. The quantitative estimate of drug-likeness (QED) is 0.706. The lowest BCUT2D eigenvalue weighted by molar-refractivity contribution is -0.154. The molecule has 148 valence electrons. The van der Waals surface area contributed by atoms with E-state index in [0.717, 1.165) is 0 Å². The highest BCUT2D eigenvalue weighted by atomic mass is 19.3. The summed E-state index contributed by atoms with van der Waals surface area (Å²) in [5.41, 5.74) is 0.458. The van der Waals surface area contributed by atoms with Crippen LogP contribution in [-0.4, -0.2) is 44.5 Å². The number of anilines is 1. The molecule has 0 atom stereocenters. The summed E-state index contributed by atoms with van der Waals surface area (Å²) in [6.07, 6.45) is -0.945. The molecule has 1 aromatic heterocycles. The van der Waals surface area contributed by atoms with Crippen molar-refractivity contribution >= 4 is 17.9 Å². The van der Waals surface area contributed by atoms with Crippen LogP contribution in [0.25, 0.3) is 11.1 Å². The Morgan fingerprint density at radius 3 is 2.57 bits per heavy atom. The summed E-state index contributed by atoms with van der Waals surface area (Å²) >= 11 is 0. The number of carbonyl (C=O) groups excluding carboxylic acids is 2. The summed E-state index contributed by atoms with van der Waals surface area (Å²) in [5, 5.41) is 0. The lowest BCUT2D eigenvalue weighted by Crippen LogP contribution is -2.52. The van der Waals surface area contributed by atoms with Crippen molar-refractivity contribution < 1.29 is 27.8 Å². The van der Waals surface area contributed by atoms with Gasteiger partial charge in [0.05, 0.1) is 31.9 Å². The molecule has 0 unspecified atom stereocenters. The number of aromatic nitrogens is 1. The van der Waals surface area contributed by atoms with E-state index in [1.165, 1.54) is 24.3 Å². The van der Waals surface area contributed by atoms with Crippen LogP contribution in [-0.2, 0) is 9.53 Å². The van der Waals surface area contributed by atoms with Crippen LogP contribution < -0.4 is 9.64 Å². The maximum atomic E-state index is 13.1. The van der Waals surface area contributed by atoms with E-state index >= 15 is 0 Å². The lowest BCUT2D eigenvalue weighted by Gasteiger charge is -2.39. The Hall–Kier alpha value is -2.87. The van der Waals surface area contributed by atoms with Crippen LogP contribution in [0.15, 0.2) is 30.5 Å². The van der Waals surface area contributed by atoms with E-state index < -0.39 is 17.5 Å². The predicted molar refractivity (Wildman–Crippen MR) is 98.9 cm³/mol. The van der Waals surface area contributed by atoms with Gasteiger partial charge in [-0.15, -0.1) is 0 Å². The monoisotopic (exact) mass is 390 g/mol. The number of pyridine rings is 1. The van der Waals surface area contributed by atoms with Crippen molar-refractivity contribution in [3.63, 3.8) is 0 Å². The number of nitrogens with zero attached hydrogens (tertiary/aromatic N) is 2. The van der Waals surface area contributed by atoms with E-state index in [4.69, 9.17) is 9.47 Å². The highest BCUT2D eigenvalue weighted by Gasteiger charge is 2.43. The normalized spacial score (nSPS) is 15.1. The van der Waals surface area contributed by atoms with Crippen LogP contribution in [0.4, 0.5) is 14.5 Å². The van der Waals surface area contributed by atoms with Crippen molar-refractivity contribution in [2.75, 3.05) is 32.3 Å². The summed E-state index contributed by atoms with van der Waals surface area (Å²) in [6.45, 7) is 2.49. The van der Waals surface area contributed by atoms with Crippen molar-refractivity contribution in [3.8, 4) is 16.9 Å². The number of aldehydes is 1. The third-order valence-corrected chi connectivity index (χ3v) is 4.84. The van der Waals surface area contributed by atoms with Crippen LogP contribution in [0.5, 0.6) is 5.75 Å². The van der Waals surface area contributed by atoms with Crippen LogP contribution >= 0.6 is 0 Å². The lowest BCUT2D eigenvalue weighted by atomic mass is 9.87. The fourth-order valence-corrected chi connectivity index (χ4v) is 3.09. The first kappa shape index (κ1) is 19.9. The number of hydrogen-bond donors (Lipinski definition) is 0. The molecular weight excluding hydrogens is 370 g/mol. The first-order valence-electron chi connectivity index (χ1n) is 8.58. The zero-order chi connectivity index (χ0) is 20.5. The Kier molecular flexibility index (Phi) is 5.42. The van der Waals surface area contributed by atoms with E-state index in [0.29, 0.717) is 36.3 Å². The summed E-state index contributed by atoms with van der Waals surface area (Å²) in [7, 11) is 3.01. The molecule has 0 bridgehead atoms. The van der Waals surface area contributed by atoms with Crippen molar-refractivity contribution in [2.24, 2.45) is 5.41 Å². The first-order chi connectivity index (χ1) is 13.3. The molecule has 6 nitrogen and oxygen atoms in total. The fraction of sp³-hybridized carbons (Fsp3) is 0.350. The van der Waals surface area contributed by atoms with Crippen LogP contribution in [0.3, 0.4) is 0 Å². The Balaban J connectivity index is 2.09. The van der Waals surface area contributed by atoms with Gasteiger partial charge >= 0.3 is 0 Å². The molecule has 1 saturated heterocycles. The topological polar surface area (TPSA) is 68.7 Å². The van der Waals surface area contributed by atoms with Crippen molar-refractivity contribution in [1.29, 1.82) is 0 Å². The molecule has 2 aromatic rings. The number of hydrogen-bond acceptors (Lipinski definition) is 5. The second-order valence-electron chi connectivity index (χ2n) is 6.92. The second-order valence-corrected chi connectivity index (χ2v) is 6.92. The zero-order valence-electron chi connectivity index (χ0n) is 15.7. The van der Waals surface area contributed by atoms with E-state index in [9.17, 15) is 18.4 Å². The van der Waals surface area contributed by atoms with Gasteiger partial charge < -0.3 is 14.4 Å². The Labute approximate surface area is 161 Å². The molecule has 1 aromatic carbocycles. The Bertz CT molecular complexity index is 913. The standard InChI is InChI=1S/C20H20F2N2O4/c1-20(10-28-11-20)19(26)24(2)13-5-4-12(9-25)14(6-13)15-7-16(18(21)22)23-8-17(15)27-3/h4-9,18H,10-11H2,1-3H3. The van der Waals surface area contributed by atoms with E-state index in [-0.39, 0.29) is 17.2 Å². The van der Waals surface area contributed by atoms with Gasteiger partial charge in [0, 0.05) is 23.9 Å². The van der Waals surface area contributed by atoms with Crippen molar-refractivity contribution in [2.45, 2.75) is 13.3 Å². The molecule has 1 aliphatic rings. The summed E-state index contributed by atoms with van der Waals surface area (Å²) in [5.74, 6) is 0.122. The molecule has 1 amide bonds. The SMILES string of the molecule is COc1cnc(C(F)F)cc1-c1cc(N(C)C(=O)C2(C)COC2)ccc1C=O. The molecule has 28 heavy (non-hydrogen) atoms. The molecule has 8 heteroatoms. The van der Waals surface area contributed by atoms with Gasteiger partial charge in [0.1, 0.15) is 11.4 Å². The third kappa shape index (κ3) is 3.47. The number of halogens is 2. The van der Waals surface area contributed by atoms with Crippen molar-refractivity contribution in [3.05, 3.63) is 41.7 Å². The fourth-order valence-electron chi connectivity index (χ4n) is 3.09. The average molecular weight is 390 g/mol. The van der Waals surface area contributed by atoms with E-state index in [1.54, 1.807) is 25.2 Å². The molecule has 0 saturated carbocycles. The van der Waals surface area contributed by atoms with E-state index in [1.807, 2.05) is 6.92 Å². The predicted octanol–water partition coefficient (Wildman–Crippen LogP) is 3.51. The number of benzene rings is 1. The van der Waals surface area contributed by atoms with Gasteiger partial charge in [-0.1, -0.05) is 0 Å².